The number of nitrogens with zero attached hydrogens (tertiary/aromatic N) is 1. The first-order valence-corrected chi connectivity index (χ1v) is 8.34. The van der Waals surface area contributed by atoms with E-state index < -0.39 is 0 Å². The highest BCUT2D eigenvalue weighted by Crippen LogP contribution is 2.14. The van der Waals surface area contributed by atoms with E-state index in [9.17, 15) is 9.59 Å². The van der Waals surface area contributed by atoms with Gasteiger partial charge in [-0.3, -0.25) is 9.59 Å². The van der Waals surface area contributed by atoms with Crippen molar-refractivity contribution < 1.29 is 9.59 Å². The second kappa shape index (κ2) is 8.57. The van der Waals surface area contributed by atoms with Crippen molar-refractivity contribution in [1.29, 1.82) is 0 Å². The van der Waals surface area contributed by atoms with Crippen molar-refractivity contribution in [2.45, 2.75) is 51.5 Å². The number of carbonyl (C=O) groups is 2. The molecule has 0 saturated carbocycles. The van der Waals surface area contributed by atoms with E-state index in [2.05, 4.69) is 12.2 Å². The van der Waals surface area contributed by atoms with Crippen LogP contribution in [0.15, 0.2) is 30.3 Å². The molecule has 0 bridgehead atoms. The average Bonchev–Trinajstić information content (AvgIpc) is 2.78. The van der Waals surface area contributed by atoms with Gasteiger partial charge in [0.2, 0.25) is 5.91 Å². The molecule has 1 N–H and O–H groups in total. The van der Waals surface area contributed by atoms with Crippen LogP contribution in [0.4, 0.5) is 0 Å². The van der Waals surface area contributed by atoms with Gasteiger partial charge in [0, 0.05) is 31.1 Å². The second-order valence-electron chi connectivity index (χ2n) is 5.98. The SMILES string of the molecule is CCCCC(=O)NC1CCCCN(C(=O)c2ccccc2)C1. The number of nitrogens with one attached hydrogen (secondary N) is 1. The van der Waals surface area contributed by atoms with E-state index in [4.69, 9.17) is 0 Å². The van der Waals surface area contributed by atoms with Crippen molar-refractivity contribution in [2.75, 3.05) is 13.1 Å². The number of hydrogen-bond donors (Lipinski definition) is 1. The molecule has 0 aromatic heterocycles. The summed E-state index contributed by atoms with van der Waals surface area (Å²) in [5.41, 5.74) is 0.723. The molecule has 22 heavy (non-hydrogen) atoms. The molecule has 2 rings (SSSR count). The summed E-state index contributed by atoms with van der Waals surface area (Å²) < 4.78 is 0. The van der Waals surface area contributed by atoms with Crippen LogP contribution in [0.5, 0.6) is 0 Å². The minimum absolute atomic E-state index is 0.0651. The highest BCUT2D eigenvalue weighted by molar-refractivity contribution is 5.94. The van der Waals surface area contributed by atoms with Gasteiger partial charge in [-0.15, -0.1) is 0 Å². The van der Waals surface area contributed by atoms with Gasteiger partial charge in [0.05, 0.1) is 0 Å². The lowest BCUT2D eigenvalue weighted by molar-refractivity contribution is -0.122. The van der Waals surface area contributed by atoms with Crippen molar-refractivity contribution >= 4 is 11.8 Å². The molecule has 1 fully saturated rings. The molecule has 1 atom stereocenters. The Balaban J connectivity index is 1.95. The largest absolute Gasteiger partial charge is 0.352 e. The Morgan fingerprint density at radius 1 is 1.23 bits per heavy atom. The second-order valence-corrected chi connectivity index (χ2v) is 5.98. The number of rotatable bonds is 5. The predicted octanol–water partition coefficient (Wildman–Crippen LogP) is 2.99. The summed E-state index contributed by atoms with van der Waals surface area (Å²) in [6.45, 7) is 3.47. The third kappa shape index (κ3) is 4.86. The molecule has 2 amide bonds. The maximum atomic E-state index is 12.6. The number of benzene rings is 1. The molecule has 1 heterocycles. The Bertz CT molecular complexity index is 487. The summed E-state index contributed by atoms with van der Waals surface area (Å²) in [4.78, 5) is 26.4. The molecule has 0 aliphatic carbocycles. The van der Waals surface area contributed by atoms with Gasteiger partial charge in [0.1, 0.15) is 0 Å². The van der Waals surface area contributed by atoms with Crippen LogP contribution < -0.4 is 5.32 Å². The van der Waals surface area contributed by atoms with E-state index in [0.717, 1.165) is 44.2 Å². The van der Waals surface area contributed by atoms with Gasteiger partial charge in [0.15, 0.2) is 0 Å². The molecular weight excluding hydrogens is 276 g/mol. The summed E-state index contributed by atoms with van der Waals surface area (Å²) in [6, 6.07) is 9.46. The Hall–Kier alpha value is -1.84. The van der Waals surface area contributed by atoms with Crippen molar-refractivity contribution in [2.24, 2.45) is 0 Å². The monoisotopic (exact) mass is 302 g/mol. The normalized spacial score (nSPS) is 18.6. The molecule has 0 spiro atoms. The maximum Gasteiger partial charge on any atom is 0.253 e. The Labute approximate surface area is 132 Å². The van der Waals surface area contributed by atoms with Crippen molar-refractivity contribution in [3.05, 3.63) is 35.9 Å². The number of carbonyl (C=O) groups excluding carboxylic acids is 2. The Morgan fingerprint density at radius 3 is 2.73 bits per heavy atom. The first-order chi connectivity index (χ1) is 10.7. The first-order valence-electron chi connectivity index (χ1n) is 8.34. The van der Waals surface area contributed by atoms with Crippen LogP contribution in [0.2, 0.25) is 0 Å². The molecule has 120 valence electrons. The summed E-state index contributed by atoms with van der Waals surface area (Å²) in [6.07, 6.45) is 5.54. The fourth-order valence-corrected chi connectivity index (χ4v) is 2.84. The third-order valence-electron chi connectivity index (χ3n) is 4.10. The molecule has 4 heteroatoms. The van der Waals surface area contributed by atoms with Crippen LogP contribution >= 0.6 is 0 Å². The Kier molecular flexibility index (Phi) is 6.44. The molecule has 4 nitrogen and oxygen atoms in total. The van der Waals surface area contributed by atoms with Gasteiger partial charge in [-0.05, 0) is 37.8 Å². The van der Waals surface area contributed by atoms with Gasteiger partial charge < -0.3 is 10.2 Å². The predicted molar refractivity (Wildman–Crippen MR) is 87.7 cm³/mol. The quantitative estimate of drug-likeness (QED) is 0.909. The van der Waals surface area contributed by atoms with Crippen LogP contribution in [0, 0.1) is 0 Å². The minimum atomic E-state index is 0.0651. The lowest BCUT2D eigenvalue weighted by Gasteiger charge is -2.25. The Morgan fingerprint density at radius 2 is 2.00 bits per heavy atom. The molecule has 1 aliphatic heterocycles. The van der Waals surface area contributed by atoms with Crippen LogP contribution in [0.1, 0.15) is 55.8 Å². The fraction of sp³-hybridized carbons (Fsp3) is 0.556. The van der Waals surface area contributed by atoms with Gasteiger partial charge in [-0.1, -0.05) is 31.5 Å². The van der Waals surface area contributed by atoms with Crippen LogP contribution in [-0.4, -0.2) is 35.8 Å². The topological polar surface area (TPSA) is 49.4 Å². The molecule has 1 aromatic rings. The van der Waals surface area contributed by atoms with Crippen LogP contribution in [0.3, 0.4) is 0 Å². The van der Waals surface area contributed by atoms with Crippen LogP contribution in [-0.2, 0) is 4.79 Å². The third-order valence-corrected chi connectivity index (χ3v) is 4.10. The van der Waals surface area contributed by atoms with Crippen molar-refractivity contribution in [3.8, 4) is 0 Å². The van der Waals surface area contributed by atoms with Crippen molar-refractivity contribution in [1.82, 2.24) is 10.2 Å². The highest BCUT2D eigenvalue weighted by atomic mass is 16.2. The lowest BCUT2D eigenvalue weighted by Crippen LogP contribution is -2.44. The smallest absolute Gasteiger partial charge is 0.253 e. The van der Waals surface area contributed by atoms with E-state index in [1.54, 1.807) is 0 Å². The molecule has 1 aliphatic rings. The summed E-state index contributed by atoms with van der Waals surface area (Å²) >= 11 is 0. The molecule has 1 aromatic carbocycles. The van der Waals surface area contributed by atoms with E-state index in [0.29, 0.717) is 13.0 Å². The number of likely N-dealkylation sites (tertiary alicyclic amines) is 1. The van der Waals surface area contributed by atoms with Gasteiger partial charge in [-0.25, -0.2) is 0 Å². The zero-order chi connectivity index (χ0) is 15.8. The summed E-state index contributed by atoms with van der Waals surface area (Å²) in [7, 11) is 0. The van der Waals surface area contributed by atoms with E-state index >= 15 is 0 Å². The zero-order valence-corrected chi connectivity index (χ0v) is 13.4. The maximum absolute atomic E-state index is 12.6. The molecule has 0 radical (unpaired) electrons. The van der Waals surface area contributed by atoms with Gasteiger partial charge in [0.25, 0.3) is 5.91 Å². The van der Waals surface area contributed by atoms with E-state index in [1.165, 1.54) is 0 Å². The minimum Gasteiger partial charge on any atom is -0.352 e. The highest BCUT2D eigenvalue weighted by Gasteiger charge is 2.23. The number of hydrogen-bond acceptors (Lipinski definition) is 2. The summed E-state index contributed by atoms with van der Waals surface area (Å²) in [5, 5.41) is 3.10. The van der Waals surface area contributed by atoms with Crippen molar-refractivity contribution in [3.63, 3.8) is 0 Å². The summed E-state index contributed by atoms with van der Waals surface area (Å²) in [5.74, 6) is 0.177. The number of unbranched alkanes of at least 4 members (excludes halogenated alkanes) is 1. The van der Waals surface area contributed by atoms with E-state index in [1.807, 2.05) is 35.2 Å². The van der Waals surface area contributed by atoms with Gasteiger partial charge in [-0.2, -0.15) is 0 Å². The van der Waals surface area contributed by atoms with Crippen LogP contribution in [0.25, 0.3) is 0 Å². The molecule has 1 saturated heterocycles. The lowest BCUT2D eigenvalue weighted by atomic mass is 10.1. The fourth-order valence-electron chi connectivity index (χ4n) is 2.84. The number of amides is 2. The standard InChI is InChI=1S/C18H26N2O2/c1-2-3-12-17(21)19-16-11-7-8-13-20(14-16)18(22)15-9-5-4-6-10-15/h4-6,9-10,16H,2-3,7-8,11-14H2,1H3,(H,19,21). The molecular formula is C18H26N2O2. The molecule has 1 unspecified atom stereocenters. The zero-order valence-electron chi connectivity index (χ0n) is 13.4. The average molecular weight is 302 g/mol. The van der Waals surface area contributed by atoms with Gasteiger partial charge >= 0.3 is 0 Å². The van der Waals surface area contributed by atoms with E-state index in [-0.39, 0.29) is 17.9 Å². The first kappa shape index (κ1) is 16.5.